The lowest BCUT2D eigenvalue weighted by Gasteiger charge is -2.45. The summed E-state index contributed by atoms with van der Waals surface area (Å²) in [6.45, 7) is 21.6. The molecule has 0 aromatic heterocycles. The predicted octanol–water partition coefficient (Wildman–Crippen LogP) is 9.59. The van der Waals surface area contributed by atoms with Crippen LogP contribution in [0.25, 0.3) is 0 Å². The van der Waals surface area contributed by atoms with Crippen molar-refractivity contribution in [2.45, 2.75) is 110 Å². The maximum Gasteiger partial charge on any atom is 0.261 e. The first-order chi connectivity index (χ1) is 18.8. The Hall–Kier alpha value is -1.99. The summed E-state index contributed by atoms with van der Waals surface area (Å²) in [5, 5.41) is 2.80. The van der Waals surface area contributed by atoms with Crippen LogP contribution in [0, 0.1) is 0 Å². The molecule has 1 unspecified atom stereocenters. The standard InChI is InChI=1S/C36H56O2Si2/c1-10-11-12-13-14-15-16-17-20-25-32(30-31-37-39(8,9)35(2,3)4)38-40(36(5,6)7,33-26-21-18-22-27-33)34-28-23-19-24-29-34/h11-12,14-15,17-24,26-29,32H,10,13,16,25,30-31H2,1-9H3/b12-11-,15-14-,20-17-. The first-order valence-electron chi connectivity index (χ1n) is 15.2. The first-order valence-corrected chi connectivity index (χ1v) is 20.0. The topological polar surface area (TPSA) is 18.5 Å². The number of hydrogen-bond donors (Lipinski definition) is 0. The molecule has 220 valence electrons. The highest BCUT2D eigenvalue weighted by Crippen LogP contribution is 2.39. The highest BCUT2D eigenvalue weighted by Gasteiger charge is 2.51. The Morgan fingerprint density at radius 2 is 1.15 bits per heavy atom. The second-order valence-electron chi connectivity index (χ2n) is 13.3. The quantitative estimate of drug-likeness (QED) is 0.155. The smallest absolute Gasteiger partial charge is 0.261 e. The van der Waals surface area contributed by atoms with Gasteiger partial charge in [-0.1, -0.05) is 146 Å². The summed E-state index contributed by atoms with van der Waals surface area (Å²) in [7, 11) is -4.47. The van der Waals surface area contributed by atoms with E-state index in [-0.39, 0.29) is 16.2 Å². The molecule has 2 nitrogen and oxygen atoms in total. The molecular formula is C36H56O2Si2. The summed E-state index contributed by atoms with van der Waals surface area (Å²) < 4.78 is 14.2. The Balaban J connectivity index is 2.37. The van der Waals surface area contributed by atoms with Gasteiger partial charge in [-0.25, -0.2) is 0 Å². The van der Waals surface area contributed by atoms with E-state index < -0.39 is 16.6 Å². The minimum atomic E-state index is -2.64. The van der Waals surface area contributed by atoms with E-state index in [9.17, 15) is 0 Å². The van der Waals surface area contributed by atoms with Crippen LogP contribution in [0.5, 0.6) is 0 Å². The van der Waals surface area contributed by atoms with Gasteiger partial charge in [0.05, 0.1) is 6.10 Å². The molecule has 0 fully saturated rings. The van der Waals surface area contributed by atoms with E-state index >= 15 is 0 Å². The van der Waals surface area contributed by atoms with Gasteiger partial charge in [0.25, 0.3) is 8.32 Å². The zero-order chi connectivity index (χ0) is 29.7. The van der Waals surface area contributed by atoms with Gasteiger partial charge >= 0.3 is 0 Å². The van der Waals surface area contributed by atoms with Gasteiger partial charge in [-0.3, -0.25) is 0 Å². The molecule has 0 spiro atoms. The highest BCUT2D eigenvalue weighted by molar-refractivity contribution is 6.99. The summed E-state index contributed by atoms with van der Waals surface area (Å²) in [5.74, 6) is 0. The third-order valence-electron chi connectivity index (χ3n) is 8.15. The van der Waals surface area contributed by atoms with Crippen LogP contribution in [-0.4, -0.2) is 29.3 Å². The molecule has 1 atom stereocenters. The summed E-state index contributed by atoms with van der Waals surface area (Å²) in [6.07, 6.45) is 18.5. The molecule has 0 saturated carbocycles. The SMILES string of the molecule is CC/C=C\C/C=C\C/C=C\CC(CCO[Si](C)(C)C(C)(C)C)O[Si](c1ccccc1)(c1ccccc1)C(C)(C)C. The summed E-state index contributed by atoms with van der Waals surface area (Å²) in [4.78, 5) is 0. The monoisotopic (exact) mass is 576 g/mol. The minimum absolute atomic E-state index is 0.0489. The molecule has 2 aromatic rings. The number of hydrogen-bond acceptors (Lipinski definition) is 2. The van der Waals surface area contributed by atoms with Crippen molar-refractivity contribution in [2.24, 2.45) is 0 Å². The molecule has 2 aromatic carbocycles. The van der Waals surface area contributed by atoms with Gasteiger partial charge in [0.2, 0.25) is 0 Å². The van der Waals surface area contributed by atoms with Crippen LogP contribution in [0.4, 0.5) is 0 Å². The fourth-order valence-electron chi connectivity index (χ4n) is 4.78. The molecule has 0 aliphatic heterocycles. The van der Waals surface area contributed by atoms with E-state index in [1.54, 1.807) is 0 Å². The van der Waals surface area contributed by atoms with Gasteiger partial charge in [0.1, 0.15) is 0 Å². The molecule has 0 N–H and O–H groups in total. The van der Waals surface area contributed by atoms with Crippen LogP contribution < -0.4 is 10.4 Å². The van der Waals surface area contributed by atoms with E-state index in [0.717, 1.165) is 38.7 Å². The summed E-state index contributed by atoms with van der Waals surface area (Å²) in [5.41, 5.74) is 0. The zero-order valence-electron chi connectivity index (χ0n) is 26.9. The maximum absolute atomic E-state index is 7.54. The third kappa shape index (κ3) is 9.83. The highest BCUT2D eigenvalue weighted by atomic mass is 28.4. The Bertz CT molecular complexity index is 1020. The molecule has 0 radical (unpaired) electrons. The molecule has 0 aliphatic carbocycles. The molecule has 0 bridgehead atoms. The molecular weight excluding hydrogens is 521 g/mol. The largest absolute Gasteiger partial charge is 0.417 e. The van der Waals surface area contributed by atoms with E-state index in [1.165, 1.54) is 10.4 Å². The normalized spacial score (nSPS) is 14.5. The number of benzene rings is 2. The van der Waals surface area contributed by atoms with Crippen molar-refractivity contribution >= 4 is 27.0 Å². The van der Waals surface area contributed by atoms with Crippen LogP contribution in [0.1, 0.15) is 80.6 Å². The summed E-state index contributed by atoms with van der Waals surface area (Å²) in [6, 6.07) is 22.0. The Morgan fingerprint density at radius 3 is 1.60 bits per heavy atom. The Morgan fingerprint density at radius 1 is 0.675 bits per heavy atom. The number of rotatable bonds is 15. The first kappa shape index (κ1) is 34.2. The molecule has 0 aliphatic rings. The van der Waals surface area contributed by atoms with Crippen molar-refractivity contribution in [2.75, 3.05) is 6.61 Å². The van der Waals surface area contributed by atoms with Crippen molar-refractivity contribution in [1.29, 1.82) is 0 Å². The van der Waals surface area contributed by atoms with E-state index in [4.69, 9.17) is 8.85 Å². The average Bonchev–Trinajstić information content (AvgIpc) is 2.90. The molecule has 0 saturated heterocycles. The van der Waals surface area contributed by atoms with Crippen LogP contribution in [0.2, 0.25) is 23.2 Å². The van der Waals surface area contributed by atoms with Gasteiger partial charge in [0.15, 0.2) is 8.32 Å². The predicted molar refractivity (Wildman–Crippen MR) is 182 cm³/mol. The maximum atomic E-state index is 7.54. The van der Waals surface area contributed by atoms with Crippen LogP contribution in [-0.2, 0) is 8.85 Å². The van der Waals surface area contributed by atoms with Crippen molar-refractivity contribution in [3.63, 3.8) is 0 Å². The Kier molecular flexibility index (Phi) is 13.6. The van der Waals surface area contributed by atoms with Crippen molar-refractivity contribution in [1.82, 2.24) is 0 Å². The van der Waals surface area contributed by atoms with Gasteiger partial charge in [0, 0.05) is 6.61 Å². The lowest BCUT2D eigenvalue weighted by Crippen LogP contribution is -2.67. The molecule has 2 rings (SSSR count). The van der Waals surface area contributed by atoms with Crippen molar-refractivity contribution in [3.05, 3.63) is 97.1 Å². The van der Waals surface area contributed by atoms with E-state index in [1.807, 2.05) is 0 Å². The molecule has 40 heavy (non-hydrogen) atoms. The zero-order valence-corrected chi connectivity index (χ0v) is 28.9. The summed E-state index contributed by atoms with van der Waals surface area (Å²) >= 11 is 0. The second-order valence-corrected chi connectivity index (χ2v) is 22.4. The lowest BCUT2D eigenvalue weighted by atomic mass is 10.2. The molecule has 0 heterocycles. The van der Waals surface area contributed by atoms with Crippen LogP contribution in [0.15, 0.2) is 97.1 Å². The fourth-order valence-corrected chi connectivity index (χ4v) is 10.6. The third-order valence-corrected chi connectivity index (χ3v) is 17.8. The average molecular weight is 577 g/mol. The van der Waals surface area contributed by atoms with Crippen molar-refractivity contribution in [3.8, 4) is 0 Å². The minimum Gasteiger partial charge on any atom is -0.417 e. The van der Waals surface area contributed by atoms with Crippen molar-refractivity contribution < 1.29 is 8.85 Å². The van der Waals surface area contributed by atoms with E-state index in [2.05, 4.69) is 159 Å². The second kappa shape index (κ2) is 15.9. The fraction of sp³-hybridized carbons (Fsp3) is 0.500. The van der Waals surface area contributed by atoms with E-state index in [0.29, 0.717) is 0 Å². The molecule has 4 heteroatoms. The van der Waals surface area contributed by atoms with Gasteiger partial charge in [-0.05, 0) is 65.6 Å². The number of allylic oxidation sites excluding steroid dienone is 5. The lowest BCUT2D eigenvalue weighted by molar-refractivity contribution is 0.148. The molecule has 0 amide bonds. The van der Waals surface area contributed by atoms with Gasteiger partial charge in [-0.2, -0.15) is 0 Å². The van der Waals surface area contributed by atoms with Crippen LogP contribution in [0.3, 0.4) is 0 Å². The van der Waals surface area contributed by atoms with Gasteiger partial charge < -0.3 is 8.85 Å². The Labute approximate surface area is 248 Å². The van der Waals surface area contributed by atoms with Crippen LogP contribution >= 0.6 is 0 Å². The van der Waals surface area contributed by atoms with Gasteiger partial charge in [-0.15, -0.1) is 0 Å².